The Morgan fingerprint density at radius 1 is 1.24 bits per heavy atom. The molecule has 0 radical (unpaired) electrons. The smallest absolute Gasteiger partial charge is 0.240 e. The molecule has 2 rings (SSSR count). The monoisotopic (exact) mass is 362 g/mol. The van der Waals surface area contributed by atoms with Crippen molar-refractivity contribution < 1.29 is 13.9 Å². The number of carbonyl (C=O) groups is 1. The standard InChI is InChI=1S/C19H20ClFN2O2/c1-13-12-16(20)7-10-18(13)25-11-3-4-19(24)23-22-14(2)15-5-8-17(21)9-6-15/h5-10,12H,3-4,11H2,1-2H3,(H,23,24)/b22-14+. The van der Waals surface area contributed by atoms with Gasteiger partial charge < -0.3 is 4.74 Å². The summed E-state index contributed by atoms with van der Waals surface area (Å²) in [6.45, 7) is 4.09. The summed E-state index contributed by atoms with van der Waals surface area (Å²) in [5.74, 6) is 0.254. The highest BCUT2D eigenvalue weighted by Gasteiger charge is 2.04. The third kappa shape index (κ3) is 6.19. The third-order valence-corrected chi connectivity index (χ3v) is 3.79. The molecule has 25 heavy (non-hydrogen) atoms. The Balaban J connectivity index is 1.73. The van der Waals surface area contributed by atoms with Gasteiger partial charge >= 0.3 is 0 Å². The van der Waals surface area contributed by atoms with Crippen molar-refractivity contribution in [3.63, 3.8) is 0 Å². The first-order valence-electron chi connectivity index (χ1n) is 7.94. The van der Waals surface area contributed by atoms with Gasteiger partial charge in [0.2, 0.25) is 5.91 Å². The van der Waals surface area contributed by atoms with Crippen molar-refractivity contribution in [2.75, 3.05) is 6.61 Å². The normalized spacial score (nSPS) is 11.3. The number of nitrogens with zero attached hydrogens (tertiary/aromatic N) is 1. The van der Waals surface area contributed by atoms with Crippen molar-refractivity contribution in [2.45, 2.75) is 26.7 Å². The lowest BCUT2D eigenvalue weighted by atomic mass is 10.1. The predicted octanol–water partition coefficient (Wildman–Crippen LogP) is 4.49. The van der Waals surface area contributed by atoms with Gasteiger partial charge in [0, 0.05) is 11.4 Å². The molecule has 2 aromatic rings. The highest BCUT2D eigenvalue weighted by molar-refractivity contribution is 6.30. The molecule has 1 amide bonds. The van der Waals surface area contributed by atoms with Crippen LogP contribution in [-0.4, -0.2) is 18.2 Å². The molecule has 132 valence electrons. The Hall–Kier alpha value is -2.40. The van der Waals surface area contributed by atoms with Gasteiger partial charge in [0.05, 0.1) is 12.3 Å². The minimum absolute atomic E-state index is 0.196. The fraction of sp³-hybridized carbons (Fsp3) is 0.263. The number of carbonyl (C=O) groups excluding carboxylic acids is 1. The Morgan fingerprint density at radius 2 is 1.96 bits per heavy atom. The van der Waals surface area contributed by atoms with Gasteiger partial charge in [0.25, 0.3) is 0 Å². The van der Waals surface area contributed by atoms with Crippen LogP contribution in [0.3, 0.4) is 0 Å². The maximum absolute atomic E-state index is 12.9. The van der Waals surface area contributed by atoms with Crippen LogP contribution in [0.1, 0.15) is 30.9 Å². The van der Waals surface area contributed by atoms with E-state index in [1.807, 2.05) is 19.1 Å². The minimum atomic E-state index is -0.309. The van der Waals surface area contributed by atoms with E-state index in [2.05, 4.69) is 10.5 Å². The van der Waals surface area contributed by atoms with Crippen LogP contribution in [0, 0.1) is 12.7 Å². The van der Waals surface area contributed by atoms with Crippen LogP contribution >= 0.6 is 11.6 Å². The zero-order valence-corrected chi connectivity index (χ0v) is 14.9. The van der Waals surface area contributed by atoms with Gasteiger partial charge in [-0.05, 0) is 61.7 Å². The molecule has 0 fully saturated rings. The average molecular weight is 363 g/mol. The second-order valence-electron chi connectivity index (χ2n) is 5.60. The first kappa shape index (κ1) is 18.9. The number of benzene rings is 2. The van der Waals surface area contributed by atoms with Gasteiger partial charge in [-0.25, -0.2) is 9.82 Å². The van der Waals surface area contributed by atoms with Crippen LogP contribution in [0.4, 0.5) is 4.39 Å². The van der Waals surface area contributed by atoms with E-state index in [1.165, 1.54) is 12.1 Å². The number of aryl methyl sites for hydroxylation is 1. The quantitative estimate of drug-likeness (QED) is 0.448. The second kappa shape index (κ2) is 9.18. The molecule has 0 heterocycles. The molecule has 0 aromatic heterocycles. The Labute approximate surface area is 151 Å². The summed E-state index contributed by atoms with van der Waals surface area (Å²) in [5.41, 5.74) is 4.82. The summed E-state index contributed by atoms with van der Waals surface area (Å²) < 4.78 is 18.5. The molecule has 0 unspecified atom stereocenters. The molecule has 0 atom stereocenters. The van der Waals surface area contributed by atoms with E-state index in [1.54, 1.807) is 25.1 Å². The second-order valence-corrected chi connectivity index (χ2v) is 6.04. The number of hydrazone groups is 1. The molecular formula is C19H20ClFN2O2. The van der Waals surface area contributed by atoms with Gasteiger partial charge in [-0.15, -0.1) is 0 Å². The number of ether oxygens (including phenoxy) is 1. The summed E-state index contributed by atoms with van der Waals surface area (Å²) in [5, 5.41) is 4.69. The average Bonchev–Trinajstić information content (AvgIpc) is 2.58. The predicted molar refractivity (Wildman–Crippen MR) is 97.7 cm³/mol. The molecule has 0 saturated heterocycles. The Kier molecular flexibility index (Phi) is 6.95. The zero-order chi connectivity index (χ0) is 18.2. The Bertz CT molecular complexity index is 761. The van der Waals surface area contributed by atoms with Crippen LogP contribution in [-0.2, 0) is 4.79 Å². The van der Waals surface area contributed by atoms with Crippen molar-refractivity contribution in [3.8, 4) is 5.75 Å². The van der Waals surface area contributed by atoms with Crippen LogP contribution in [0.2, 0.25) is 5.02 Å². The lowest BCUT2D eigenvalue weighted by Gasteiger charge is -2.09. The number of hydrogen-bond acceptors (Lipinski definition) is 3. The summed E-state index contributed by atoms with van der Waals surface area (Å²) >= 11 is 5.89. The molecule has 0 bridgehead atoms. The van der Waals surface area contributed by atoms with E-state index in [4.69, 9.17) is 16.3 Å². The molecule has 0 aliphatic carbocycles. The Morgan fingerprint density at radius 3 is 2.64 bits per heavy atom. The fourth-order valence-electron chi connectivity index (χ4n) is 2.15. The number of nitrogens with one attached hydrogen (secondary N) is 1. The van der Waals surface area contributed by atoms with Crippen LogP contribution in [0.15, 0.2) is 47.6 Å². The highest BCUT2D eigenvalue weighted by Crippen LogP contribution is 2.21. The van der Waals surface area contributed by atoms with E-state index in [-0.39, 0.29) is 11.7 Å². The van der Waals surface area contributed by atoms with E-state index < -0.39 is 0 Å². The first-order valence-corrected chi connectivity index (χ1v) is 8.31. The van der Waals surface area contributed by atoms with Gasteiger partial charge in [0.1, 0.15) is 11.6 Å². The fourth-order valence-corrected chi connectivity index (χ4v) is 2.37. The van der Waals surface area contributed by atoms with Crippen molar-refractivity contribution in [1.82, 2.24) is 5.43 Å². The molecule has 0 aliphatic rings. The SMILES string of the molecule is C/C(=N\NC(=O)CCCOc1ccc(Cl)cc1C)c1ccc(F)cc1. The summed E-state index contributed by atoms with van der Waals surface area (Å²) in [7, 11) is 0. The first-order chi connectivity index (χ1) is 12.0. The molecule has 1 N–H and O–H groups in total. The molecule has 0 saturated carbocycles. The molecular weight excluding hydrogens is 343 g/mol. The minimum Gasteiger partial charge on any atom is -0.493 e. The van der Waals surface area contributed by atoms with Crippen LogP contribution < -0.4 is 10.2 Å². The van der Waals surface area contributed by atoms with E-state index in [9.17, 15) is 9.18 Å². The lowest BCUT2D eigenvalue weighted by molar-refractivity contribution is -0.121. The zero-order valence-electron chi connectivity index (χ0n) is 14.2. The van der Waals surface area contributed by atoms with E-state index >= 15 is 0 Å². The van der Waals surface area contributed by atoms with Gasteiger partial charge in [-0.1, -0.05) is 23.7 Å². The summed E-state index contributed by atoms with van der Waals surface area (Å²) in [6, 6.07) is 11.3. The number of hydrogen-bond donors (Lipinski definition) is 1. The number of rotatable bonds is 7. The van der Waals surface area contributed by atoms with E-state index in [0.29, 0.717) is 30.2 Å². The van der Waals surface area contributed by atoms with Gasteiger partial charge in [0.15, 0.2) is 0 Å². The molecule has 6 heteroatoms. The molecule has 4 nitrogen and oxygen atoms in total. The molecule has 2 aromatic carbocycles. The van der Waals surface area contributed by atoms with Crippen LogP contribution in [0.25, 0.3) is 0 Å². The summed E-state index contributed by atoms with van der Waals surface area (Å²) in [6.07, 6.45) is 0.867. The lowest BCUT2D eigenvalue weighted by Crippen LogP contribution is -2.19. The van der Waals surface area contributed by atoms with Gasteiger partial charge in [-0.3, -0.25) is 4.79 Å². The number of halogens is 2. The summed E-state index contributed by atoms with van der Waals surface area (Å²) in [4.78, 5) is 11.8. The maximum atomic E-state index is 12.9. The topological polar surface area (TPSA) is 50.7 Å². The van der Waals surface area contributed by atoms with Crippen molar-refractivity contribution in [1.29, 1.82) is 0 Å². The van der Waals surface area contributed by atoms with Crippen molar-refractivity contribution in [2.24, 2.45) is 5.10 Å². The van der Waals surface area contributed by atoms with Crippen LogP contribution in [0.5, 0.6) is 5.75 Å². The van der Waals surface area contributed by atoms with Crippen molar-refractivity contribution in [3.05, 3.63) is 64.4 Å². The maximum Gasteiger partial charge on any atom is 0.240 e. The van der Waals surface area contributed by atoms with E-state index in [0.717, 1.165) is 16.9 Å². The molecule has 0 aliphatic heterocycles. The largest absolute Gasteiger partial charge is 0.493 e. The molecule has 0 spiro atoms. The highest BCUT2D eigenvalue weighted by atomic mass is 35.5. The number of amides is 1. The van der Waals surface area contributed by atoms with Gasteiger partial charge in [-0.2, -0.15) is 5.10 Å². The third-order valence-electron chi connectivity index (χ3n) is 3.55. The van der Waals surface area contributed by atoms with Crippen molar-refractivity contribution >= 4 is 23.2 Å².